The van der Waals surface area contributed by atoms with E-state index in [4.69, 9.17) is 4.99 Å². The van der Waals surface area contributed by atoms with E-state index in [9.17, 15) is 10.1 Å². The summed E-state index contributed by atoms with van der Waals surface area (Å²) in [6.07, 6.45) is 4.02. The molecule has 4 heteroatoms. The summed E-state index contributed by atoms with van der Waals surface area (Å²) in [6.45, 7) is 7.67. The lowest BCUT2D eigenvalue weighted by Gasteiger charge is -2.23. The highest BCUT2D eigenvalue weighted by molar-refractivity contribution is 6.17. The molecular formula is C21H27N3O. The van der Waals surface area contributed by atoms with Gasteiger partial charge in [-0.3, -0.25) is 14.7 Å². The number of unbranched alkanes of at least 4 members (excludes halogenated alkanes) is 2. The first kappa shape index (κ1) is 17.7. The normalized spacial score (nSPS) is 29.0. The van der Waals surface area contributed by atoms with Crippen LogP contribution >= 0.6 is 0 Å². The molecule has 1 aromatic rings. The molecule has 0 N–H and O–H groups in total. The van der Waals surface area contributed by atoms with Crippen molar-refractivity contribution in [3.05, 3.63) is 35.4 Å². The summed E-state index contributed by atoms with van der Waals surface area (Å²) in [4.78, 5) is 19.6. The molecule has 3 rings (SSSR count). The Bertz CT molecular complexity index is 716. The van der Waals surface area contributed by atoms with Crippen molar-refractivity contribution in [2.24, 2.45) is 16.3 Å². The van der Waals surface area contributed by atoms with Crippen LogP contribution in [0, 0.1) is 29.6 Å². The summed E-state index contributed by atoms with van der Waals surface area (Å²) in [5.74, 6) is 0.537. The number of aryl methyl sites for hydroxylation is 1. The SMILES string of the molecule is CCCCN=C1N(CCCC)C(=O)[C@@H]2[C@@H](c3ccc(C)cc3)[C@]12C#N. The first-order valence-corrected chi connectivity index (χ1v) is 9.45. The summed E-state index contributed by atoms with van der Waals surface area (Å²) in [5, 5.41) is 10.0. The average Bonchev–Trinajstić information content (AvgIpc) is 3.24. The van der Waals surface area contributed by atoms with E-state index < -0.39 is 5.41 Å². The monoisotopic (exact) mass is 337 g/mol. The maximum Gasteiger partial charge on any atom is 0.233 e. The number of carbonyl (C=O) groups is 1. The molecule has 0 unspecified atom stereocenters. The molecule has 1 heterocycles. The minimum Gasteiger partial charge on any atom is -0.299 e. The lowest BCUT2D eigenvalue weighted by molar-refractivity contribution is -0.127. The van der Waals surface area contributed by atoms with Gasteiger partial charge >= 0.3 is 0 Å². The third-order valence-electron chi connectivity index (χ3n) is 5.49. The van der Waals surface area contributed by atoms with E-state index in [-0.39, 0.29) is 17.7 Å². The van der Waals surface area contributed by atoms with Crippen LogP contribution < -0.4 is 0 Å². The number of likely N-dealkylation sites (tertiary alicyclic amines) is 1. The molecule has 2 fully saturated rings. The quantitative estimate of drug-likeness (QED) is 0.705. The Morgan fingerprint density at radius 3 is 2.44 bits per heavy atom. The molecule has 1 saturated carbocycles. The second kappa shape index (κ2) is 7.00. The number of piperidine rings is 1. The number of amidine groups is 1. The van der Waals surface area contributed by atoms with Crippen LogP contribution in [0.15, 0.2) is 29.3 Å². The predicted molar refractivity (Wildman–Crippen MR) is 99.3 cm³/mol. The van der Waals surface area contributed by atoms with Crippen LogP contribution in [0.25, 0.3) is 0 Å². The van der Waals surface area contributed by atoms with E-state index in [2.05, 4.69) is 44.2 Å². The van der Waals surface area contributed by atoms with Gasteiger partial charge in [0.15, 0.2) is 0 Å². The second-order valence-electron chi connectivity index (χ2n) is 7.25. The number of carbonyl (C=O) groups excluding carboxylic acids is 1. The number of hydrogen-bond acceptors (Lipinski definition) is 3. The molecule has 1 saturated heterocycles. The standard InChI is InChI=1S/C21H27N3O/c1-4-6-12-23-20-21(14-22)17(16-10-8-15(3)9-11-16)18(21)19(25)24(20)13-7-5-2/h8-11,17-18H,4-7,12-13H2,1-3H3/t17-,18+,21+/m1/s1. The van der Waals surface area contributed by atoms with Crippen molar-refractivity contribution in [1.82, 2.24) is 4.90 Å². The summed E-state index contributed by atoms with van der Waals surface area (Å²) in [6, 6.07) is 10.7. The van der Waals surface area contributed by atoms with Gasteiger partial charge in [-0.15, -0.1) is 0 Å². The van der Waals surface area contributed by atoms with Crippen molar-refractivity contribution in [2.75, 3.05) is 13.1 Å². The van der Waals surface area contributed by atoms with Gasteiger partial charge in [-0.1, -0.05) is 56.5 Å². The van der Waals surface area contributed by atoms with Gasteiger partial charge in [-0.2, -0.15) is 5.26 Å². The molecule has 1 aromatic carbocycles. The van der Waals surface area contributed by atoms with Crippen LogP contribution in [0.5, 0.6) is 0 Å². The molecule has 1 aliphatic heterocycles. The molecule has 4 nitrogen and oxygen atoms in total. The van der Waals surface area contributed by atoms with Gasteiger partial charge in [0.1, 0.15) is 11.3 Å². The van der Waals surface area contributed by atoms with Gasteiger partial charge in [0.05, 0.1) is 12.0 Å². The third kappa shape index (κ3) is 2.76. The van der Waals surface area contributed by atoms with Crippen molar-refractivity contribution >= 4 is 11.7 Å². The molecule has 0 spiro atoms. The summed E-state index contributed by atoms with van der Waals surface area (Å²) < 4.78 is 0. The van der Waals surface area contributed by atoms with Crippen LogP contribution in [0.1, 0.15) is 56.6 Å². The minimum atomic E-state index is -0.742. The Morgan fingerprint density at radius 2 is 1.84 bits per heavy atom. The molecule has 132 valence electrons. The second-order valence-corrected chi connectivity index (χ2v) is 7.25. The first-order chi connectivity index (χ1) is 12.1. The van der Waals surface area contributed by atoms with Gasteiger partial charge in [0.2, 0.25) is 5.91 Å². The number of rotatable bonds is 7. The minimum absolute atomic E-state index is 0.0381. The van der Waals surface area contributed by atoms with Crippen molar-refractivity contribution in [2.45, 2.75) is 52.4 Å². The van der Waals surface area contributed by atoms with E-state index in [0.717, 1.165) is 37.1 Å². The van der Waals surface area contributed by atoms with E-state index in [1.165, 1.54) is 5.56 Å². The largest absolute Gasteiger partial charge is 0.299 e. The van der Waals surface area contributed by atoms with Crippen molar-refractivity contribution in [3.8, 4) is 6.07 Å². The zero-order chi connectivity index (χ0) is 18.0. The number of benzene rings is 1. The topological polar surface area (TPSA) is 56.5 Å². The number of nitriles is 1. The first-order valence-electron chi connectivity index (χ1n) is 9.45. The zero-order valence-corrected chi connectivity index (χ0v) is 15.5. The third-order valence-corrected chi connectivity index (χ3v) is 5.49. The molecular weight excluding hydrogens is 310 g/mol. The number of hydrogen-bond donors (Lipinski definition) is 0. The highest BCUT2D eigenvalue weighted by Crippen LogP contribution is 2.69. The molecule has 25 heavy (non-hydrogen) atoms. The van der Waals surface area contributed by atoms with E-state index in [0.29, 0.717) is 13.1 Å². The summed E-state index contributed by atoms with van der Waals surface area (Å²) in [7, 11) is 0. The predicted octanol–water partition coefficient (Wildman–Crippen LogP) is 4.06. The number of amides is 1. The highest BCUT2D eigenvalue weighted by atomic mass is 16.2. The fourth-order valence-electron chi connectivity index (χ4n) is 4.01. The Balaban J connectivity index is 1.95. The van der Waals surface area contributed by atoms with Crippen molar-refractivity contribution < 1.29 is 4.79 Å². The van der Waals surface area contributed by atoms with Gasteiger partial charge in [-0.25, -0.2) is 0 Å². The number of nitrogens with zero attached hydrogens (tertiary/aromatic N) is 3. The van der Waals surface area contributed by atoms with Crippen LogP contribution in [0.3, 0.4) is 0 Å². The van der Waals surface area contributed by atoms with E-state index in [1.54, 1.807) is 4.90 Å². The lowest BCUT2D eigenvalue weighted by Crippen LogP contribution is -2.37. The summed E-state index contributed by atoms with van der Waals surface area (Å²) in [5.41, 5.74) is 1.53. The average molecular weight is 337 g/mol. The maximum absolute atomic E-state index is 13.0. The summed E-state index contributed by atoms with van der Waals surface area (Å²) >= 11 is 0. The fourth-order valence-corrected chi connectivity index (χ4v) is 4.01. The molecule has 0 aromatic heterocycles. The molecule has 1 amide bonds. The van der Waals surface area contributed by atoms with Crippen molar-refractivity contribution in [3.63, 3.8) is 0 Å². The van der Waals surface area contributed by atoms with Gasteiger partial charge < -0.3 is 0 Å². The number of aliphatic imine (C=N–C) groups is 1. The van der Waals surface area contributed by atoms with E-state index >= 15 is 0 Å². The Morgan fingerprint density at radius 1 is 1.16 bits per heavy atom. The fraction of sp³-hybridized carbons (Fsp3) is 0.571. The smallest absolute Gasteiger partial charge is 0.233 e. The van der Waals surface area contributed by atoms with Crippen LogP contribution in [-0.4, -0.2) is 29.7 Å². The van der Waals surface area contributed by atoms with E-state index in [1.807, 2.05) is 6.92 Å². The van der Waals surface area contributed by atoms with Crippen LogP contribution in [0.2, 0.25) is 0 Å². The zero-order valence-electron chi connectivity index (χ0n) is 15.5. The molecule has 0 radical (unpaired) electrons. The Hall–Kier alpha value is -2.15. The van der Waals surface area contributed by atoms with Gasteiger partial charge in [-0.05, 0) is 25.3 Å². The maximum atomic E-state index is 13.0. The molecule has 3 atom stereocenters. The molecule has 1 aliphatic carbocycles. The lowest BCUT2D eigenvalue weighted by atomic mass is 9.98. The van der Waals surface area contributed by atoms with Crippen LogP contribution in [-0.2, 0) is 4.79 Å². The number of fused-ring (bicyclic) bond motifs is 1. The molecule has 0 bridgehead atoms. The Labute approximate surface area is 150 Å². The van der Waals surface area contributed by atoms with Crippen LogP contribution in [0.4, 0.5) is 0 Å². The molecule has 2 aliphatic rings. The van der Waals surface area contributed by atoms with Crippen molar-refractivity contribution in [1.29, 1.82) is 5.26 Å². The van der Waals surface area contributed by atoms with Gasteiger partial charge in [0, 0.05) is 19.0 Å². The highest BCUT2D eigenvalue weighted by Gasteiger charge is 2.78. The van der Waals surface area contributed by atoms with Gasteiger partial charge in [0.25, 0.3) is 0 Å². The Kier molecular flexibility index (Phi) is 4.94.